The van der Waals surface area contributed by atoms with Gasteiger partial charge in [0.1, 0.15) is 11.3 Å². The third kappa shape index (κ3) is 2.11. The summed E-state index contributed by atoms with van der Waals surface area (Å²) in [6.07, 6.45) is 3.40. The molecule has 0 aliphatic carbocycles. The van der Waals surface area contributed by atoms with Gasteiger partial charge in [-0.3, -0.25) is 4.79 Å². The number of imidazole rings is 1. The molecule has 3 heterocycles. The first-order valence-electron chi connectivity index (χ1n) is 6.25. The lowest BCUT2D eigenvalue weighted by Gasteiger charge is -1.91. The molecule has 1 aromatic carbocycles. The number of halogens is 1. The molecule has 0 spiro atoms. The Morgan fingerprint density at radius 3 is 2.81 bits per heavy atom. The normalized spacial score (nSPS) is 11.3. The van der Waals surface area contributed by atoms with Crippen molar-refractivity contribution in [1.82, 2.24) is 14.4 Å². The van der Waals surface area contributed by atoms with E-state index in [1.807, 2.05) is 24.3 Å². The highest BCUT2D eigenvalue weighted by Gasteiger charge is 2.17. The van der Waals surface area contributed by atoms with Crippen LogP contribution in [0, 0.1) is 0 Å². The molecule has 4 aromatic rings. The van der Waals surface area contributed by atoms with E-state index < -0.39 is 0 Å². The van der Waals surface area contributed by atoms with Crippen molar-refractivity contribution in [2.24, 2.45) is 0 Å². The van der Waals surface area contributed by atoms with Gasteiger partial charge in [-0.25, -0.2) is 9.97 Å². The van der Waals surface area contributed by atoms with Gasteiger partial charge in [-0.1, -0.05) is 23.7 Å². The van der Waals surface area contributed by atoms with Crippen LogP contribution in [0.15, 0.2) is 48.8 Å². The van der Waals surface area contributed by atoms with Gasteiger partial charge in [-0.05, 0) is 24.3 Å². The van der Waals surface area contributed by atoms with Crippen molar-refractivity contribution in [3.05, 3.63) is 64.5 Å². The van der Waals surface area contributed by atoms with E-state index in [0.29, 0.717) is 21.4 Å². The Labute approximate surface area is 128 Å². The largest absolute Gasteiger partial charge is 0.305 e. The molecule has 3 aromatic heterocycles. The Kier molecular flexibility index (Phi) is 2.77. The first-order chi connectivity index (χ1) is 10.2. The van der Waals surface area contributed by atoms with E-state index >= 15 is 0 Å². The third-order valence-electron chi connectivity index (χ3n) is 3.14. The minimum atomic E-state index is -0.170. The van der Waals surface area contributed by atoms with Crippen molar-refractivity contribution >= 4 is 44.6 Å². The molecule has 0 amide bonds. The summed E-state index contributed by atoms with van der Waals surface area (Å²) >= 11 is 7.31. The van der Waals surface area contributed by atoms with Crippen molar-refractivity contribution in [2.45, 2.75) is 0 Å². The zero-order valence-electron chi connectivity index (χ0n) is 10.7. The average molecular weight is 314 g/mol. The molecule has 6 heteroatoms. The van der Waals surface area contributed by atoms with Crippen LogP contribution in [-0.4, -0.2) is 20.2 Å². The lowest BCUT2D eigenvalue weighted by Crippen LogP contribution is -2.00. The Morgan fingerprint density at radius 2 is 1.95 bits per heavy atom. The number of fused-ring (bicyclic) bond motifs is 2. The predicted octanol–water partition coefficient (Wildman–Crippen LogP) is 3.83. The zero-order chi connectivity index (χ0) is 14.4. The van der Waals surface area contributed by atoms with Crippen LogP contribution in [0.5, 0.6) is 0 Å². The standard InChI is InChI=1S/C15H8ClN3OS/c16-9-5-6-13-17-11(8-19(13)7-9)14(20)15-18-10-3-1-2-4-12(10)21-15/h1-8H. The molecule has 21 heavy (non-hydrogen) atoms. The van der Waals surface area contributed by atoms with Crippen LogP contribution in [0.3, 0.4) is 0 Å². The van der Waals surface area contributed by atoms with Gasteiger partial charge in [-0.15, -0.1) is 11.3 Å². The number of rotatable bonds is 2. The summed E-state index contributed by atoms with van der Waals surface area (Å²) in [6, 6.07) is 11.2. The summed E-state index contributed by atoms with van der Waals surface area (Å²) in [5.41, 5.74) is 1.89. The molecule has 0 atom stereocenters. The molecule has 0 aliphatic rings. The maximum Gasteiger partial charge on any atom is 0.241 e. The molecular weight excluding hydrogens is 306 g/mol. The average Bonchev–Trinajstić information content (AvgIpc) is 3.09. The number of nitrogens with zero attached hydrogens (tertiary/aromatic N) is 3. The number of carbonyl (C=O) groups excluding carboxylic acids is 1. The Balaban J connectivity index is 1.81. The Hall–Kier alpha value is -2.24. The molecule has 4 nitrogen and oxygen atoms in total. The fourth-order valence-corrected chi connectivity index (χ4v) is 3.24. The third-order valence-corrected chi connectivity index (χ3v) is 4.39. The predicted molar refractivity (Wildman–Crippen MR) is 83.3 cm³/mol. The van der Waals surface area contributed by atoms with Crippen LogP contribution >= 0.6 is 22.9 Å². The van der Waals surface area contributed by atoms with Gasteiger partial charge >= 0.3 is 0 Å². The smallest absolute Gasteiger partial charge is 0.241 e. The second-order valence-corrected chi connectivity index (χ2v) is 6.02. The number of benzene rings is 1. The van der Waals surface area contributed by atoms with E-state index in [9.17, 15) is 4.79 Å². The first kappa shape index (κ1) is 12.5. The van der Waals surface area contributed by atoms with Gasteiger partial charge in [0.2, 0.25) is 5.78 Å². The van der Waals surface area contributed by atoms with Gasteiger partial charge in [0.05, 0.1) is 15.2 Å². The van der Waals surface area contributed by atoms with Gasteiger partial charge in [0.25, 0.3) is 0 Å². The van der Waals surface area contributed by atoms with Crippen molar-refractivity contribution in [1.29, 1.82) is 0 Å². The molecule has 102 valence electrons. The summed E-state index contributed by atoms with van der Waals surface area (Å²) in [7, 11) is 0. The second kappa shape index (κ2) is 4.65. The van der Waals surface area contributed by atoms with E-state index in [1.165, 1.54) is 11.3 Å². The minimum absolute atomic E-state index is 0.170. The molecular formula is C15H8ClN3OS. The first-order valence-corrected chi connectivity index (χ1v) is 7.45. The van der Waals surface area contributed by atoms with Crippen LogP contribution in [-0.2, 0) is 0 Å². The summed E-state index contributed by atoms with van der Waals surface area (Å²) < 4.78 is 2.73. The molecule has 0 radical (unpaired) electrons. The molecule has 0 bridgehead atoms. The molecule has 0 aliphatic heterocycles. The summed E-state index contributed by atoms with van der Waals surface area (Å²) in [5.74, 6) is -0.170. The monoisotopic (exact) mass is 313 g/mol. The van der Waals surface area contributed by atoms with E-state index in [2.05, 4.69) is 9.97 Å². The SMILES string of the molecule is O=C(c1cn2cc(Cl)ccc2n1)c1nc2ccccc2s1. The summed E-state index contributed by atoms with van der Waals surface area (Å²) in [4.78, 5) is 21.2. The minimum Gasteiger partial charge on any atom is -0.305 e. The van der Waals surface area contributed by atoms with E-state index in [-0.39, 0.29) is 5.78 Å². The highest BCUT2D eigenvalue weighted by molar-refractivity contribution is 7.20. The van der Waals surface area contributed by atoms with Gasteiger partial charge in [0, 0.05) is 12.4 Å². The van der Waals surface area contributed by atoms with Crippen LogP contribution in [0.1, 0.15) is 15.5 Å². The maximum absolute atomic E-state index is 12.5. The number of ketones is 1. The fourth-order valence-electron chi connectivity index (χ4n) is 2.15. The Morgan fingerprint density at radius 1 is 1.10 bits per heavy atom. The van der Waals surface area contributed by atoms with E-state index in [1.54, 1.807) is 28.9 Å². The lowest BCUT2D eigenvalue weighted by molar-refractivity contribution is 0.103. The molecule has 4 rings (SSSR count). The topological polar surface area (TPSA) is 47.3 Å². The number of thiazole rings is 1. The Bertz CT molecular complexity index is 956. The van der Waals surface area contributed by atoms with Crippen LogP contribution in [0.2, 0.25) is 5.02 Å². The van der Waals surface area contributed by atoms with Crippen molar-refractivity contribution in [2.75, 3.05) is 0 Å². The number of pyridine rings is 1. The van der Waals surface area contributed by atoms with Crippen molar-refractivity contribution < 1.29 is 4.79 Å². The fraction of sp³-hybridized carbons (Fsp3) is 0. The summed E-state index contributed by atoms with van der Waals surface area (Å²) in [5, 5.41) is 1.05. The summed E-state index contributed by atoms with van der Waals surface area (Å²) in [6.45, 7) is 0. The van der Waals surface area contributed by atoms with E-state index in [0.717, 1.165) is 10.2 Å². The quantitative estimate of drug-likeness (QED) is 0.528. The highest BCUT2D eigenvalue weighted by atomic mass is 35.5. The van der Waals surface area contributed by atoms with Crippen LogP contribution in [0.4, 0.5) is 0 Å². The molecule has 0 fully saturated rings. The molecule has 0 N–H and O–H groups in total. The zero-order valence-corrected chi connectivity index (χ0v) is 12.2. The molecule has 0 saturated heterocycles. The molecule has 0 unspecified atom stereocenters. The van der Waals surface area contributed by atoms with Crippen molar-refractivity contribution in [3.8, 4) is 0 Å². The number of aromatic nitrogens is 3. The number of para-hydroxylation sites is 1. The van der Waals surface area contributed by atoms with Crippen molar-refractivity contribution in [3.63, 3.8) is 0 Å². The van der Waals surface area contributed by atoms with Crippen LogP contribution in [0.25, 0.3) is 15.9 Å². The van der Waals surface area contributed by atoms with E-state index in [4.69, 9.17) is 11.6 Å². The van der Waals surface area contributed by atoms with Crippen LogP contribution < -0.4 is 0 Å². The number of carbonyl (C=O) groups is 1. The second-order valence-electron chi connectivity index (χ2n) is 4.55. The maximum atomic E-state index is 12.5. The van der Waals surface area contributed by atoms with Gasteiger partial charge in [-0.2, -0.15) is 0 Å². The number of hydrogen-bond acceptors (Lipinski definition) is 4. The van der Waals surface area contributed by atoms with Gasteiger partial charge < -0.3 is 4.40 Å². The lowest BCUT2D eigenvalue weighted by atomic mass is 10.3. The number of hydrogen-bond donors (Lipinski definition) is 0. The highest BCUT2D eigenvalue weighted by Crippen LogP contribution is 2.23. The molecule has 0 saturated carbocycles. The van der Waals surface area contributed by atoms with Gasteiger partial charge in [0.15, 0.2) is 5.01 Å².